The van der Waals surface area contributed by atoms with Gasteiger partial charge in [-0.1, -0.05) is 20.8 Å². The second-order valence-electron chi connectivity index (χ2n) is 6.85. The topological polar surface area (TPSA) is 30.7 Å². The lowest BCUT2D eigenvalue weighted by atomic mass is 9.95. The zero-order valence-corrected chi connectivity index (χ0v) is 13.4. The van der Waals surface area contributed by atoms with E-state index in [2.05, 4.69) is 48.2 Å². The third-order valence-corrected chi connectivity index (χ3v) is 4.80. The zero-order valence-electron chi connectivity index (χ0n) is 12.6. The highest BCUT2D eigenvalue weighted by atomic mass is 32.2. The molecule has 2 aromatic heterocycles. The van der Waals surface area contributed by atoms with Crippen molar-refractivity contribution in [2.75, 3.05) is 11.5 Å². The predicted molar refractivity (Wildman–Crippen MR) is 86.3 cm³/mol. The molecular formula is C16H23N3S. The molecule has 0 atom stereocenters. The first-order valence-electron chi connectivity index (χ1n) is 7.43. The number of hydrogen-bond donors (Lipinski definition) is 0. The number of nitrogens with zero attached hydrogens (tertiary/aromatic N) is 3. The quantitative estimate of drug-likeness (QED) is 0.834. The number of imidazole rings is 1. The van der Waals surface area contributed by atoms with Crippen LogP contribution >= 0.6 is 11.8 Å². The van der Waals surface area contributed by atoms with E-state index in [1.165, 1.54) is 30.2 Å². The van der Waals surface area contributed by atoms with Crippen LogP contribution < -0.4 is 0 Å². The largest absolute Gasteiger partial charge is 0.312 e. The molecule has 3 heterocycles. The Morgan fingerprint density at radius 3 is 2.75 bits per heavy atom. The van der Waals surface area contributed by atoms with Crippen LogP contribution in [-0.2, 0) is 6.54 Å². The van der Waals surface area contributed by atoms with Crippen molar-refractivity contribution < 1.29 is 0 Å². The van der Waals surface area contributed by atoms with Gasteiger partial charge >= 0.3 is 0 Å². The van der Waals surface area contributed by atoms with Gasteiger partial charge in [0.15, 0.2) is 5.65 Å². The lowest BCUT2D eigenvalue weighted by molar-refractivity contribution is 0.336. The molecule has 3 rings (SSSR count). The molecule has 0 radical (unpaired) electrons. The fourth-order valence-corrected chi connectivity index (χ4v) is 3.98. The average Bonchev–Trinajstić information content (AvgIpc) is 2.77. The van der Waals surface area contributed by atoms with E-state index in [4.69, 9.17) is 4.98 Å². The smallest absolute Gasteiger partial charge is 0.160 e. The lowest BCUT2D eigenvalue weighted by Gasteiger charge is -2.25. The number of thioether (sulfide) groups is 1. The van der Waals surface area contributed by atoms with E-state index in [9.17, 15) is 0 Å². The van der Waals surface area contributed by atoms with Gasteiger partial charge in [0.2, 0.25) is 0 Å². The molecule has 1 aliphatic heterocycles. The van der Waals surface area contributed by atoms with Crippen molar-refractivity contribution in [1.29, 1.82) is 0 Å². The molecule has 0 amide bonds. The Kier molecular flexibility index (Phi) is 3.76. The highest BCUT2D eigenvalue weighted by Crippen LogP contribution is 2.33. The van der Waals surface area contributed by atoms with Crippen molar-refractivity contribution in [2.24, 2.45) is 5.41 Å². The molecule has 1 fully saturated rings. The van der Waals surface area contributed by atoms with Crippen LogP contribution in [0.15, 0.2) is 18.3 Å². The molecule has 4 heteroatoms. The van der Waals surface area contributed by atoms with Gasteiger partial charge in [-0.3, -0.25) is 0 Å². The van der Waals surface area contributed by atoms with E-state index < -0.39 is 0 Å². The molecule has 0 saturated carbocycles. The van der Waals surface area contributed by atoms with Crippen LogP contribution in [0.4, 0.5) is 0 Å². The van der Waals surface area contributed by atoms with Crippen molar-refractivity contribution in [1.82, 2.24) is 14.5 Å². The summed E-state index contributed by atoms with van der Waals surface area (Å²) in [6, 6.07) is 4.07. The molecule has 1 saturated heterocycles. The molecule has 0 unspecified atom stereocenters. The molecule has 0 bridgehead atoms. The minimum absolute atomic E-state index is 0.239. The fourth-order valence-electron chi connectivity index (χ4n) is 2.87. The molecule has 0 aromatic carbocycles. The number of pyridine rings is 1. The Balaban J connectivity index is 2.06. The summed E-state index contributed by atoms with van der Waals surface area (Å²) in [5.41, 5.74) is 2.34. The Hall–Kier alpha value is -1.03. The zero-order chi connectivity index (χ0) is 14.2. The van der Waals surface area contributed by atoms with Crippen LogP contribution in [0.25, 0.3) is 11.2 Å². The molecular weight excluding hydrogens is 266 g/mol. The molecule has 2 aromatic rings. The van der Waals surface area contributed by atoms with Crippen LogP contribution in [-0.4, -0.2) is 26.0 Å². The third kappa shape index (κ3) is 2.85. The van der Waals surface area contributed by atoms with Crippen molar-refractivity contribution in [3.63, 3.8) is 0 Å². The molecule has 1 aliphatic rings. The van der Waals surface area contributed by atoms with Gasteiger partial charge in [-0.2, -0.15) is 11.8 Å². The van der Waals surface area contributed by atoms with E-state index in [0.29, 0.717) is 5.92 Å². The van der Waals surface area contributed by atoms with Crippen molar-refractivity contribution in [3.05, 3.63) is 24.2 Å². The summed E-state index contributed by atoms with van der Waals surface area (Å²) < 4.78 is 2.37. The number of rotatable bonds is 2. The van der Waals surface area contributed by atoms with Gasteiger partial charge in [0.05, 0.1) is 0 Å². The van der Waals surface area contributed by atoms with Crippen molar-refractivity contribution in [2.45, 2.75) is 46.1 Å². The van der Waals surface area contributed by atoms with E-state index in [1.807, 2.05) is 12.3 Å². The lowest BCUT2D eigenvalue weighted by Crippen LogP contribution is -2.21. The Labute approximate surface area is 125 Å². The van der Waals surface area contributed by atoms with E-state index in [0.717, 1.165) is 17.7 Å². The van der Waals surface area contributed by atoms with Crippen LogP contribution in [0.2, 0.25) is 0 Å². The van der Waals surface area contributed by atoms with Crippen molar-refractivity contribution >= 4 is 22.9 Å². The van der Waals surface area contributed by atoms with Crippen LogP contribution in [0, 0.1) is 5.41 Å². The normalized spacial score (nSPS) is 17.8. The molecule has 0 spiro atoms. The van der Waals surface area contributed by atoms with Gasteiger partial charge < -0.3 is 4.57 Å². The molecule has 20 heavy (non-hydrogen) atoms. The summed E-state index contributed by atoms with van der Waals surface area (Å²) in [6.07, 6.45) is 4.37. The van der Waals surface area contributed by atoms with Gasteiger partial charge in [-0.15, -0.1) is 0 Å². The van der Waals surface area contributed by atoms with E-state index in [1.54, 1.807) is 0 Å². The van der Waals surface area contributed by atoms with Gasteiger partial charge in [-0.05, 0) is 41.9 Å². The standard InChI is InChI=1S/C16H23N3S/c1-16(2,3)11-19-14(12-6-9-20-10-7-12)18-13-5-4-8-17-15(13)19/h4-5,8,12H,6-7,9-11H2,1-3H3. The maximum atomic E-state index is 4.91. The van der Waals surface area contributed by atoms with Gasteiger partial charge in [0, 0.05) is 18.7 Å². The second-order valence-corrected chi connectivity index (χ2v) is 8.07. The Morgan fingerprint density at radius 1 is 1.30 bits per heavy atom. The summed E-state index contributed by atoms with van der Waals surface area (Å²) in [5, 5.41) is 0. The monoisotopic (exact) mass is 289 g/mol. The molecule has 0 aliphatic carbocycles. The summed E-state index contributed by atoms with van der Waals surface area (Å²) in [7, 11) is 0. The van der Waals surface area contributed by atoms with Crippen LogP contribution in [0.3, 0.4) is 0 Å². The third-order valence-electron chi connectivity index (χ3n) is 3.75. The summed E-state index contributed by atoms with van der Waals surface area (Å²) >= 11 is 2.07. The van der Waals surface area contributed by atoms with Crippen LogP contribution in [0.5, 0.6) is 0 Å². The Bertz CT molecular complexity index is 591. The van der Waals surface area contributed by atoms with Gasteiger partial charge in [-0.25, -0.2) is 9.97 Å². The summed E-state index contributed by atoms with van der Waals surface area (Å²) in [6.45, 7) is 7.83. The average molecular weight is 289 g/mol. The summed E-state index contributed by atoms with van der Waals surface area (Å²) in [5.74, 6) is 4.38. The highest BCUT2D eigenvalue weighted by molar-refractivity contribution is 7.99. The fraction of sp³-hybridized carbons (Fsp3) is 0.625. The Morgan fingerprint density at radius 2 is 2.05 bits per heavy atom. The highest BCUT2D eigenvalue weighted by Gasteiger charge is 2.25. The van der Waals surface area contributed by atoms with E-state index in [-0.39, 0.29) is 5.41 Å². The summed E-state index contributed by atoms with van der Waals surface area (Å²) in [4.78, 5) is 9.49. The predicted octanol–water partition coefficient (Wildman–Crippen LogP) is 4.09. The molecule has 108 valence electrons. The van der Waals surface area contributed by atoms with E-state index >= 15 is 0 Å². The van der Waals surface area contributed by atoms with Crippen LogP contribution in [0.1, 0.15) is 45.4 Å². The second kappa shape index (κ2) is 5.40. The number of fused-ring (bicyclic) bond motifs is 1. The minimum Gasteiger partial charge on any atom is -0.312 e. The number of hydrogen-bond acceptors (Lipinski definition) is 3. The molecule has 0 N–H and O–H groups in total. The first kappa shape index (κ1) is 13.9. The first-order valence-corrected chi connectivity index (χ1v) is 8.59. The molecule has 3 nitrogen and oxygen atoms in total. The maximum Gasteiger partial charge on any atom is 0.160 e. The minimum atomic E-state index is 0.239. The first-order chi connectivity index (χ1) is 9.54. The number of aromatic nitrogens is 3. The van der Waals surface area contributed by atoms with Crippen molar-refractivity contribution in [3.8, 4) is 0 Å². The van der Waals surface area contributed by atoms with Gasteiger partial charge in [0.1, 0.15) is 11.3 Å². The SMILES string of the molecule is CC(C)(C)Cn1c(C2CCSCC2)nc2cccnc21. The van der Waals surface area contributed by atoms with Gasteiger partial charge in [0.25, 0.3) is 0 Å². The maximum absolute atomic E-state index is 4.91.